The van der Waals surface area contributed by atoms with Crippen LogP contribution in [0.2, 0.25) is 0 Å². The van der Waals surface area contributed by atoms with Gasteiger partial charge in [-0.25, -0.2) is 0 Å². The molecule has 2 aromatic carbocycles. The summed E-state index contributed by atoms with van der Waals surface area (Å²) < 4.78 is 51.7. The van der Waals surface area contributed by atoms with E-state index in [1.807, 2.05) is 30.3 Å². The Morgan fingerprint density at radius 1 is 0.771 bits per heavy atom. The van der Waals surface area contributed by atoms with Crippen LogP contribution in [-0.4, -0.2) is 60.8 Å². The molecular formula is C23H27F3N6O3. The van der Waals surface area contributed by atoms with E-state index in [1.165, 1.54) is 24.3 Å². The molecule has 0 aliphatic heterocycles. The Kier molecular flexibility index (Phi) is 10.0. The third-order valence-electron chi connectivity index (χ3n) is 4.44. The second-order valence-corrected chi connectivity index (χ2v) is 7.16. The Morgan fingerprint density at radius 2 is 1.43 bits per heavy atom. The van der Waals surface area contributed by atoms with Crippen LogP contribution >= 0.6 is 0 Å². The van der Waals surface area contributed by atoms with Crippen molar-refractivity contribution in [2.24, 2.45) is 5.73 Å². The van der Waals surface area contributed by atoms with Gasteiger partial charge in [0, 0.05) is 25.2 Å². The lowest BCUT2D eigenvalue weighted by Gasteiger charge is -2.12. The monoisotopic (exact) mass is 492 g/mol. The summed E-state index contributed by atoms with van der Waals surface area (Å²) in [5.74, 6) is 0.856. The second-order valence-electron chi connectivity index (χ2n) is 7.16. The van der Waals surface area contributed by atoms with Gasteiger partial charge in [-0.1, -0.05) is 42.5 Å². The summed E-state index contributed by atoms with van der Waals surface area (Å²) in [6.07, 6.45) is -4.73. The van der Waals surface area contributed by atoms with Crippen molar-refractivity contribution in [2.75, 3.05) is 50.2 Å². The SMILES string of the molecule is NCCOCCOCCNc1nc(NCc2ccc(OC(F)(F)F)cc2)nc(-c2ccccc2)n1. The van der Waals surface area contributed by atoms with Crippen molar-refractivity contribution in [2.45, 2.75) is 12.9 Å². The average Bonchev–Trinajstić information content (AvgIpc) is 2.85. The molecule has 0 aliphatic carbocycles. The van der Waals surface area contributed by atoms with Crippen molar-refractivity contribution in [3.8, 4) is 17.1 Å². The van der Waals surface area contributed by atoms with Crippen LogP contribution in [0.1, 0.15) is 5.56 Å². The summed E-state index contributed by atoms with van der Waals surface area (Å²) in [5, 5.41) is 6.20. The normalized spacial score (nSPS) is 11.3. The molecule has 0 aliphatic rings. The predicted octanol–water partition coefficient (Wildman–Crippen LogP) is 3.45. The van der Waals surface area contributed by atoms with E-state index in [9.17, 15) is 13.2 Å². The average molecular weight is 493 g/mol. The first-order valence-corrected chi connectivity index (χ1v) is 10.9. The number of hydrogen-bond donors (Lipinski definition) is 3. The summed E-state index contributed by atoms with van der Waals surface area (Å²) in [7, 11) is 0. The molecule has 4 N–H and O–H groups in total. The number of anilines is 2. The van der Waals surface area contributed by atoms with Crippen molar-refractivity contribution in [1.82, 2.24) is 15.0 Å². The Labute approximate surface area is 200 Å². The molecule has 0 fully saturated rings. The van der Waals surface area contributed by atoms with E-state index < -0.39 is 6.36 Å². The maximum absolute atomic E-state index is 12.3. The number of nitrogens with zero attached hydrogens (tertiary/aromatic N) is 3. The van der Waals surface area contributed by atoms with E-state index in [0.717, 1.165) is 11.1 Å². The highest BCUT2D eigenvalue weighted by Crippen LogP contribution is 2.23. The van der Waals surface area contributed by atoms with Gasteiger partial charge in [-0.05, 0) is 17.7 Å². The van der Waals surface area contributed by atoms with Gasteiger partial charge in [0.2, 0.25) is 11.9 Å². The number of hydrogen-bond acceptors (Lipinski definition) is 9. The quantitative estimate of drug-likeness (QED) is 0.291. The van der Waals surface area contributed by atoms with E-state index in [4.69, 9.17) is 15.2 Å². The van der Waals surface area contributed by atoms with Crippen molar-refractivity contribution >= 4 is 11.9 Å². The highest BCUT2D eigenvalue weighted by Gasteiger charge is 2.30. The maximum Gasteiger partial charge on any atom is 0.573 e. The van der Waals surface area contributed by atoms with E-state index in [2.05, 4.69) is 30.3 Å². The minimum Gasteiger partial charge on any atom is -0.406 e. The molecule has 0 saturated carbocycles. The number of halogens is 3. The van der Waals surface area contributed by atoms with E-state index in [1.54, 1.807) is 0 Å². The van der Waals surface area contributed by atoms with Gasteiger partial charge in [0.05, 0.1) is 26.4 Å². The standard InChI is InChI=1S/C23H27F3N6O3/c24-23(25,26)35-19-8-6-17(7-9-19)16-29-22-31-20(18-4-2-1-3-5-18)30-21(32-22)28-11-13-34-15-14-33-12-10-27/h1-9H,10-16,27H2,(H2,28,29,30,31,32). The number of ether oxygens (including phenoxy) is 3. The molecular weight excluding hydrogens is 465 g/mol. The Bertz CT molecular complexity index is 1020. The van der Waals surface area contributed by atoms with Gasteiger partial charge in [-0.2, -0.15) is 15.0 Å². The summed E-state index contributed by atoms with van der Waals surface area (Å²) in [4.78, 5) is 13.3. The molecule has 1 heterocycles. The molecule has 0 atom stereocenters. The van der Waals surface area contributed by atoms with E-state index in [-0.39, 0.29) is 12.3 Å². The van der Waals surface area contributed by atoms with E-state index >= 15 is 0 Å². The fourth-order valence-corrected chi connectivity index (χ4v) is 2.88. The van der Waals surface area contributed by atoms with Crippen LogP contribution in [0.25, 0.3) is 11.4 Å². The highest BCUT2D eigenvalue weighted by atomic mass is 19.4. The highest BCUT2D eigenvalue weighted by molar-refractivity contribution is 5.57. The van der Waals surface area contributed by atoms with Crippen molar-refractivity contribution in [3.63, 3.8) is 0 Å². The predicted molar refractivity (Wildman–Crippen MR) is 125 cm³/mol. The third kappa shape index (κ3) is 9.73. The summed E-state index contributed by atoms with van der Waals surface area (Å²) in [6, 6.07) is 15.0. The van der Waals surface area contributed by atoms with Crippen molar-refractivity contribution < 1.29 is 27.4 Å². The minimum absolute atomic E-state index is 0.285. The van der Waals surface area contributed by atoms with Crippen LogP contribution in [0.15, 0.2) is 54.6 Å². The summed E-state index contributed by atoms with van der Waals surface area (Å²) >= 11 is 0. The van der Waals surface area contributed by atoms with Gasteiger partial charge in [-0.3, -0.25) is 0 Å². The molecule has 1 aromatic heterocycles. The minimum atomic E-state index is -4.73. The number of alkyl halides is 3. The lowest BCUT2D eigenvalue weighted by Crippen LogP contribution is -2.17. The van der Waals surface area contributed by atoms with Gasteiger partial charge < -0.3 is 30.6 Å². The molecule has 0 spiro atoms. The number of nitrogens with two attached hydrogens (primary N) is 1. The van der Waals surface area contributed by atoms with Crippen LogP contribution in [0.3, 0.4) is 0 Å². The van der Waals surface area contributed by atoms with Gasteiger partial charge in [0.1, 0.15) is 5.75 Å². The van der Waals surface area contributed by atoms with Crippen LogP contribution in [0.4, 0.5) is 25.1 Å². The number of nitrogens with one attached hydrogen (secondary N) is 2. The van der Waals surface area contributed by atoms with Crippen LogP contribution in [0.5, 0.6) is 5.75 Å². The molecule has 0 bridgehead atoms. The first kappa shape index (κ1) is 26.1. The summed E-state index contributed by atoms with van der Waals surface area (Å²) in [6.45, 7) is 3.07. The van der Waals surface area contributed by atoms with Gasteiger partial charge >= 0.3 is 6.36 Å². The zero-order chi connectivity index (χ0) is 24.9. The maximum atomic E-state index is 12.3. The topological polar surface area (TPSA) is 116 Å². The largest absolute Gasteiger partial charge is 0.573 e. The third-order valence-corrected chi connectivity index (χ3v) is 4.44. The molecule has 35 heavy (non-hydrogen) atoms. The molecule has 9 nitrogen and oxygen atoms in total. The second kappa shape index (κ2) is 13.4. The first-order valence-electron chi connectivity index (χ1n) is 10.9. The van der Waals surface area contributed by atoms with Crippen molar-refractivity contribution in [1.29, 1.82) is 0 Å². The lowest BCUT2D eigenvalue weighted by atomic mass is 10.2. The molecule has 12 heteroatoms. The number of aromatic nitrogens is 3. The van der Waals surface area contributed by atoms with Crippen LogP contribution < -0.4 is 21.1 Å². The Balaban J connectivity index is 1.60. The molecule has 3 aromatic rings. The zero-order valence-electron chi connectivity index (χ0n) is 18.9. The number of rotatable bonds is 14. The smallest absolute Gasteiger partial charge is 0.406 e. The van der Waals surface area contributed by atoms with Crippen LogP contribution in [-0.2, 0) is 16.0 Å². The molecule has 188 valence electrons. The van der Waals surface area contributed by atoms with Crippen LogP contribution in [0, 0.1) is 0 Å². The molecule has 0 unspecified atom stereocenters. The first-order chi connectivity index (χ1) is 16.9. The van der Waals surface area contributed by atoms with E-state index in [0.29, 0.717) is 57.2 Å². The lowest BCUT2D eigenvalue weighted by molar-refractivity contribution is -0.274. The van der Waals surface area contributed by atoms with Gasteiger partial charge in [-0.15, -0.1) is 13.2 Å². The van der Waals surface area contributed by atoms with Gasteiger partial charge in [0.15, 0.2) is 5.82 Å². The van der Waals surface area contributed by atoms with Crippen molar-refractivity contribution in [3.05, 3.63) is 60.2 Å². The fourth-order valence-electron chi connectivity index (χ4n) is 2.88. The molecule has 0 saturated heterocycles. The zero-order valence-corrected chi connectivity index (χ0v) is 18.9. The van der Waals surface area contributed by atoms with Gasteiger partial charge in [0.25, 0.3) is 0 Å². The number of benzene rings is 2. The Morgan fingerprint density at radius 3 is 2.09 bits per heavy atom. The molecule has 3 rings (SSSR count). The Hall–Kier alpha value is -3.48. The molecule has 0 amide bonds. The fraction of sp³-hybridized carbons (Fsp3) is 0.348. The molecule has 0 radical (unpaired) electrons. The summed E-state index contributed by atoms with van der Waals surface area (Å²) in [5.41, 5.74) is 6.89.